The second kappa shape index (κ2) is 56.9. The maximum absolute atomic E-state index is 12.5. The van der Waals surface area contributed by atoms with Crippen LogP contribution in [-0.4, -0.2) is 34.9 Å². The molecule has 0 radical (unpaired) electrons. The van der Waals surface area contributed by atoms with Gasteiger partial charge in [-0.25, -0.2) is 0 Å². The predicted octanol–water partition coefficient (Wildman–Crippen LogP) is 19.6. The number of aliphatic hydroxyl groups excluding tert-OH is 2. The summed E-state index contributed by atoms with van der Waals surface area (Å²) < 4.78 is 0. The first-order valence-corrected chi connectivity index (χ1v) is 29.7. The molecule has 0 saturated carbocycles. The van der Waals surface area contributed by atoms with E-state index in [-0.39, 0.29) is 12.5 Å². The third kappa shape index (κ3) is 53.4. The molecule has 0 aliphatic rings. The van der Waals surface area contributed by atoms with Gasteiger partial charge in [-0.05, 0) is 51.4 Å². The van der Waals surface area contributed by atoms with E-state index in [1.165, 1.54) is 263 Å². The Hall–Kier alpha value is -1.39. The van der Waals surface area contributed by atoms with Crippen LogP contribution in [0.5, 0.6) is 0 Å². The molecule has 384 valence electrons. The van der Waals surface area contributed by atoms with Gasteiger partial charge >= 0.3 is 0 Å². The number of amides is 1. The molecule has 0 aromatic heterocycles. The van der Waals surface area contributed by atoms with Crippen LogP contribution < -0.4 is 5.32 Å². The molecular formula is C61H117NO3. The predicted molar refractivity (Wildman–Crippen MR) is 290 cm³/mol. The quantitative estimate of drug-likeness (QED) is 0.0421. The monoisotopic (exact) mass is 912 g/mol. The van der Waals surface area contributed by atoms with Crippen molar-refractivity contribution in [3.63, 3.8) is 0 Å². The highest BCUT2D eigenvalue weighted by atomic mass is 16.3. The van der Waals surface area contributed by atoms with Gasteiger partial charge in [0.1, 0.15) is 0 Å². The molecule has 0 aromatic rings. The number of hydrogen-bond acceptors (Lipinski definition) is 3. The standard InChI is InChI=1S/C61H117NO3/c1-3-5-7-9-11-13-15-17-19-21-23-25-27-28-29-30-31-32-33-35-36-38-40-42-44-46-48-50-52-54-56-60(64)59(58-63)62-61(65)57-55-53-51-49-47-45-43-41-39-37-34-26-24-22-20-18-16-14-12-10-8-6-4-2/h16,18,22,24,34,37,59-60,63-64H,3-15,17,19-21,23,25-33,35-36,38-58H2,1-2H3,(H,62,65)/b18-16-,24-22-,37-34-. The molecule has 4 nitrogen and oxygen atoms in total. The van der Waals surface area contributed by atoms with E-state index in [0.29, 0.717) is 12.8 Å². The highest BCUT2D eigenvalue weighted by Crippen LogP contribution is 2.18. The van der Waals surface area contributed by atoms with E-state index >= 15 is 0 Å². The van der Waals surface area contributed by atoms with Gasteiger partial charge in [-0.2, -0.15) is 0 Å². The number of allylic oxidation sites excluding steroid dienone is 6. The smallest absolute Gasteiger partial charge is 0.220 e. The maximum atomic E-state index is 12.5. The van der Waals surface area contributed by atoms with Crippen molar-refractivity contribution in [2.24, 2.45) is 0 Å². The summed E-state index contributed by atoms with van der Waals surface area (Å²) in [5.41, 5.74) is 0. The fourth-order valence-electron chi connectivity index (χ4n) is 9.37. The minimum atomic E-state index is -0.665. The van der Waals surface area contributed by atoms with Crippen LogP contribution in [0.15, 0.2) is 36.5 Å². The molecule has 0 fully saturated rings. The first-order valence-electron chi connectivity index (χ1n) is 29.7. The van der Waals surface area contributed by atoms with Crippen molar-refractivity contribution in [1.29, 1.82) is 0 Å². The molecular weight excluding hydrogens is 795 g/mol. The molecule has 0 aliphatic heterocycles. The number of aliphatic hydroxyl groups is 2. The SMILES string of the molecule is CCCCCCC/C=C\C/C=C\C/C=C\CCCCCCCCCCC(=O)NC(CO)C(O)CCCCCCCCCCCCCCCCCCCCCCCCCCCCCCCC. The van der Waals surface area contributed by atoms with Crippen molar-refractivity contribution < 1.29 is 15.0 Å². The van der Waals surface area contributed by atoms with Crippen molar-refractivity contribution >= 4 is 5.91 Å². The van der Waals surface area contributed by atoms with Gasteiger partial charge in [0.25, 0.3) is 0 Å². The van der Waals surface area contributed by atoms with E-state index in [2.05, 4.69) is 55.6 Å². The fourth-order valence-corrected chi connectivity index (χ4v) is 9.37. The molecule has 65 heavy (non-hydrogen) atoms. The average molecular weight is 913 g/mol. The second-order valence-corrected chi connectivity index (χ2v) is 20.4. The van der Waals surface area contributed by atoms with Crippen LogP contribution in [0.2, 0.25) is 0 Å². The summed E-state index contributed by atoms with van der Waals surface area (Å²) in [6.07, 6.45) is 77.2. The summed E-state index contributed by atoms with van der Waals surface area (Å²) in [7, 11) is 0. The molecule has 0 heterocycles. The molecule has 0 saturated heterocycles. The minimum absolute atomic E-state index is 0.0345. The van der Waals surface area contributed by atoms with Gasteiger partial charge in [0, 0.05) is 6.42 Å². The summed E-state index contributed by atoms with van der Waals surface area (Å²) in [6, 6.07) is -0.542. The molecule has 3 N–H and O–H groups in total. The topological polar surface area (TPSA) is 69.6 Å². The van der Waals surface area contributed by atoms with Gasteiger partial charge < -0.3 is 15.5 Å². The first-order chi connectivity index (χ1) is 32.2. The molecule has 4 heteroatoms. The summed E-state index contributed by atoms with van der Waals surface area (Å²) in [5, 5.41) is 23.4. The Morgan fingerprint density at radius 2 is 0.631 bits per heavy atom. The molecule has 1 amide bonds. The zero-order valence-corrected chi connectivity index (χ0v) is 44.3. The van der Waals surface area contributed by atoms with Gasteiger partial charge in [-0.1, -0.05) is 307 Å². The number of carbonyl (C=O) groups is 1. The summed E-state index contributed by atoms with van der Waals surface area (Å²) in [5.74, 6) is -0.0345. The lowest BCUT2D eigenvalue weighted by molar-refractivity contribution is -0.123. The van der Waals surface area contributed by atoms with E-state index in [9.17, 15) is 15.0 Å². The number of unbranched alkanes of at least 4 members (excludes halogenated alkanes) is 42. The van der Waals surface area contributed by atoms with Crippen LogP contribution in [0, 0.1) is 0 Å². The lowest BCUT2D eigenvalue weighted by Gasteiger charge is -2.22. The fraction of sp³-hybridized carbons (Fsp3) is 0.885. The lowest BCUT2D eigenvalue weighted by Crippen LogP contribution is -2.45. The Kier molecular flexibility index (Phi) is 55.7. The Labute approximate surface area is 408 Å². The largest absolute Gasteiger partial charge is 0.394 e. The summed E-state index contributed by atoms with van der Waals surface area (Å²) >= 11 is 0. The highest BCUT2D eigenvalue weighted by molar-refractivity contribution is 5.76. The average Bonchev–Trinajstić information content (AvgIpc) is 3.31. The van der Waals surface area contributed by atoms with Crippen LogP contribution in [-0.2, 0) is 4.79 Å². The van der Waals surface area contributed by atoms with Crippen molar-refractivity contribution in [1.82, 2.24) is 5.32 Å². The van der Waals surface area contributed by atoms with Gasteiger partial charge in [0.2, 0.25) is 5.91 Å². The third-order valence-corrected chi connectivity index (χ3v) is 13.9. The van der Waals surface area contributed by atoms with Gasteiger partial charge in [-0.3, -0.25) is 4.79 Å². The van der Waals surface area contributed by atoms with Crippen LogP contribution in [0.1, 0.15) is 328 Å². The molecule has 0 spiro atoms. The van der Waals surface area contributed by atoms with Gasteiger partial charge in [0.05, 0.1) is 18.8 Å². The molecule has 0 rings (SSSR count). The number of rotatable bonds is 55. The molecule has 0 aromatic carbocycles. The Morgan fingerprint density at radius 3 is 0.938 bits per heavy atom. The van der Waals surface area contributed by atoms with Gasteiger partial charge in [-0.15, -0.1) is 0 Å². The van der Waals surface area contributed by atoms with Crippen LogP contribution in [0.4, 0.5) is 0 Å². The zero-order chi connectivity index (χ0) is 47.0. The Bertz CT molecular complexity index is 989. The van der Waals surface area contributed by atoms with E-state index in [4.69, 9.17) is 0 Å². The van der Waals surface area contributed by atoms with Crippen LogP contribution in [0.25, 0.3) is 0 Å². The molecule has 0 aliphatic carbocycles. The second-order valence-electron chi connectivity index (χ2n) is 20.4. The Balaban J connectivity index is 3.44. The van der Waals surface area contributed by atoms with E-state index in [1.54, 1.807) is 0 Å². The van der Waals surface area contributed by atoms with Crippen molar-refractivity contribution in [2.45, 2.75) is 341 Å². The third-order valence-electron chi connectivity index (χ3n) is 13.9. The minimum Gasteiger partial charge on any atom is -0.394 e. The van der Waals surface area contributed by atoms with E-state index < -0.39 is 12.1 Å². The zero-order valence-electron chi connectivity index (χ0n) is 44.3. The van der Waals surface area contributed by atoms with E-state index in [1.807, 2.05) is 0 Å². The van der Waals surface area contributed by atoms with Crippen molar-refractivity contribution in [3.05, 3.63) is 36.5 Å². The maximum Gasteiger partial charge on any atom is 0.220 e. The summed E-state index contributed by atoms with van der Waals surface area (Å²) in [4.78, 5) is 12.5. The number of carbonyl (C=O) groups excluding carboxylic acids is 1. The number of nitrogens with one attached hydrogen (secondary N) is 1. The van der Waals surface area contributed by atoms with E-state index in [0.717, 1.165) is 38.5 Å². The summed E-state index contributed by atoms with van der Waals surface area (Å²) in [6.45, 7) is 4.38. The number of hydrogen-bond donors (Lipinski definition) is 3. The Morgan fingerprint density at radius 1 is 0.369 bits per heavy atom. The first kappa shape index (κ1) is 63.6. The molecule has 2 unspecified atom stereocenters. The normalized spacial score (nSPS) is 13.0. The van der Waals surface area contributed by atoms with Crippen molar-refractivity contribution in [3.8, 4) is 0 Å². The van der Waals surface area contributed by atoms with Crippen LogP contribution in [0.3, 0.4) is 0 Å². The van der Waals surface area contributed by atoms with Crippen LogP contribution >= 0.6 is 0 Å². The lowest BCUT2D eigenvalue weighted by atomic mass is 10.0. The van der Waals surface area contributed by atoms with Crippen molar-refractivity contribution in [2.75, 3.05) is 6.61 Å². The molecule has 0 bridgehead atoms. The highest BCUT2D eigenvalue weighted by Gasteiger charge is 2.20. The van der Waals surface area contributed by atoms with Gasteiger partial charge in [0.15, 0.2) is 0 Å². The molecule has 2 atom stereocenters.